The summed E-state index contributed by atoms with van der Waals surface area (Å²) in [5.74, 6) is 2.34. The number of hydrogen-bond acceptors (Lipinski definition) is 4. The summed E-state index contributed by atoms with van der Waals surface area (Å²) in [5, 5.41) is 6.50. The Morgan fingerprint density at radius 3 is 2.90 bits per heavy atom. The van der Waals surface area contributed by atoms with Crippen LogP contribution in [0.25, 0.3) is 10.8 Å². The molecule has 1 aliphatic heterocycles. The quantitative estimate of drug-likeness (QED) is 0.939. The SMILES string of the molecule is CNCc1cnc(N2CCSC(C)C2)c2ccccc12. The van der Waals surface area contributed by atoms with Crippen LogP contribution in [0.3, 0.4) is 0 Å². The molecule has 0 aliphatic carbocycles. The van der Waals surface area contributed by atoms with E-state index in [2.05, 4.69) is 53.2 Å². The maximum atomic E-state index is 4.76. The average Bonchev–Trinajstić information content (AvgIpc) is 2.48. The highest BCUT2D eigenvalue weighted by Crippen LogP contribution is 2.30. The summed E-state index contributed by atoms with van der Waals surface area (Å²) in [7, 11) is 1.98. The van der Waals surface area contributed by atoms with Gasteiger partial charge in [0.25, 0.3) is 0 Å². The number of nitrogens with zero attached hydrogens (tertiary/aromatic N) is 2. The van der Waals surface area contributed by atoms with E-state index in [9.17, 15) is 0 Å². The van der Waals surface area contributed by atoms with Gasteiger partial charge in [0.1, 0.15) is 5.82 Å². The summed E-state index contributed by atoms with van der Waals surface area (Å²) in [6, 6.07) is 8.62. The van der Waals surface area contributed by atoms with Crippen molar-refractivity contribution in [2.24, 2.45) is 0 Å². The van der Waals surface area contributed by atoms with Crippen molar-refractivity contribution in [3.8, 4) is 0 Å². The monoisotopic (exact) mass is 287 g/mol. The summed E-state index contributed by atoms with van der Waals surface area (Å²) in [6.07, 6.45) is 2.03. The molecule has 1 unspecified atom stereocenters. The second-order valence-electron chi connectivity index (χ2n) is 5.31. The largest absolute Gasteiger partial charge is 0.354 e. The van der Waals surface area contributed by atoms with Gasteiger partial charge in [0.05, 0.1) is 0 Å². The standard InChI is InChI=1S/C16H21N3S/c1-12-11-19(7-8-20-12)16-15-6-4-3-5-14(15)13(9-17-2)10-18-16/h3-6,10,12,17H,7-9,11H2,1-2H3. The molecule has 0 amide bonds. The lowest BCUT2D eigenvalue weighted by molar-refractivity contribution is 0.771. The van der Waals surface area contributed by atoms with Crippen molar-refractivity contribution in [2.75, 3.05) is 30.8 Å². The van der Waals surface area contributed by atoms with Crippen molar-refractivity contribution < 1.29 is 0 Å². The first-order valence-electron chi connectivity index (χ1n) is 7.17. The molecule has 3 rings (SSSR count). The minimum atomic E-state index is 0.682. The molecule has 1 aliphatic rings. The van der Waals surface area contributed by atoms with E-state index in [1.807, 2.05) is 13.2 Å². The Balaban J connectivity index is 2.05. The summed E-state index contributed by atoms with van der Waals surface area (Å²) in [6.45, 7) is 5.35. The van der Waals surface area contributed by atoms with Gasteiger partial charge in [-0.25, -0.2) is 4.98 Å². The van der Waals surface area contributed by atoms with Gasteiger partial charge in [0, 0.05) is 42.2 Å². The van der Waals surface area contributed by atoms with E-state index in [0.29, 0.717) is 5.25 Å². The summed E-state index contributed by atoms with van der Waals surface area (Å²) >= 11 is 2.05. The minimum absolute atomic E-state index is 0.682. The fourth-order valence-electron chi connectivity index (χ4n) is 2.83. The third-order valence-electron chi connectivity index (χ3n) is 3.76. The van der Waals surface area contributed by atoms with Crippen molar-refractivity contribution in [1.29, 1.82) is 0 Å². The van der Waals surface area contributed by atoms with Gasteiger partial charge >= 0.3 is 0 Å². The van der Waals surface area contributed by atoms with Crippen LogP contribution < -0.4 is 10.2 Å². The van der Waals surface area contributed by atoms with Crippen LogP contribution >= 0.6 is 11.8 Å². The number of pyridine rings is 1. The molecule has 0 radical (unpaired) electrons. The molecule has 1 saturated heterocycles. The van der Waals surface area contributed by atoms with E-state index in [1.54, 1.807) is 0 Å². The third kappa shape index (κ3) is 2.63. The van der Waals surface area contributed by atoms with Crippen LogP contribution in [0.4, 0.5) is 5.82 Å². The van der Waals surface area contributed by atoms with Crippen LogP contribution in [0, 0.1) is 0 Å². The molecule has 3 nitrogen and oxygen atoms in total. The van der Waals surface area contributed by atoms with E-state index in [0.717, 1.165) is 25.5 Å². The molecule has 0 spiro atoms. The fraction of sp³-hybridized carbons (Fsp3) is 0.438. The van der Waals surface area contributed by atoms with Gasteiger partial charge in [0.2, 0.25) is 0 Å². The molecule has 1 atom stereocenters. The second-order valence-corrected chi connectivity index (χ2v) is 6.86. The van der Waals surface area contributed by atoms with Crippen molar-refractivity contribution in [1.82, 2.24) is 10.3 Å². The maximum absolute atomic E-state index is 4.76. The van der Waals surface area contributed by atoms with Gasteiger partial charge in [-0.3, -0.25) is 0 Å². The van der Waals surface area contributed by atoms with Gasteiger partial charge in [-0.2, -0.15) is 11.8 Å². The Labute approximate surface area is 124 Å². The Bertz CT molecular complexity index is 599. The second kappa shape index (κ2) is 6.02. The highest BCUT2D eigenvalue weighted by molar-refractivity contribution is 8.00. The molecule has 1 aromatic heterocycles. The van der Waals surface area contributed by atoms with Gasteiger partial charge in [-0.05, 0) is 18.0 Å². The Hall–Kier alpha value is -1.26. The summed E-state index contributed by atoms with van der Waals surface area (Å²) in [5.41, 5.74) is 1.27. The maximum Gasteiger partial charge on any atom is 0.136 e. The van der Waals surface area contributed by atoms with Gasteiger partial charge in [0.15, 0.2) is 0 Å². The van der Waals surface area contributed by atoms with Crippen LogP contribution in [-0.4, -0.2) is 36.1 Å². The van der Waals surface area contributed by atoms with Gasteiger partial charge < -0.3 is 10.2 Å². The number of benzene rings is 1. The fourth-order valence-corrected chi connectivity index (χ4v) is 3.84. The molecule has 1 N–H and O–H groups in total. The van der Waals surface area contributed by atoms with E-state index in [-0.39, 0.29) is 0 Å². The molecular weight excluding hydrogens is 266 g/mol. The smallest absolute Gasteiger partial charge is 0.136 e. The molecule has 106 valence electrons. The van der Waals surface area contributed by atoms with E-state index in [4.69, 9.17) is 4.98 Å². The van der Waals surface area contributed by atoms with Gasteiger partial charge in [-0.1, -0.05) is 31.2 Å². The number of fused-ring (bicyclic) bond motifs is 1. The Morgan fingerprint density at radius 2 is 2.15 bits per heavy atom. The molecular formula is C16H21N3S. The van der Waals surface area contributed by atoms with Crippen molar-refractivity contribution in [2.45, 2.75) is 18.7 Å². The molecule has 0 bridgehead atoms. The highest BCUT2D eigenvalue weighted by Gasteiger charge is 2.20. The highest BCUT2D eigenvalue weighted by atomic mass is 32.2. The molecule has 1 fully saturated rings. The molecule has 4 heteroatoms. The zero-order valence-corrected chi connectivity index (χ0v) is 12.9. The lowest BCUT2D eigenvalue weighted by Gasteiger charge is -2.32. The number of hydrogen-bond donors (Lipinski definition) is 1. The minimum Gasteiger partial charge on any atom is -0.354 e. The molecule has 1 aromatic carbocycles. The van der Waals surface area contributed by atoms with Crippen LogP contribution in [-0.2, 0) is 6.54 Å². The lowest BCUT2D eigenvalue weighted by atomic mass is 10.1. The van der Waals surface area contributed by atoms with Crippen LogP contribution in [0.2, 0.25) is 0 Å². The molecule has 20 heavy (non-hydrogen) atoms. The van der Waals surface area contributed by atoms with Crippen LogP contribution in [0.15, 0.2) is 30.5 Å². The van der Waals surface area contributed by atoms with Crippen molar-refractivity contribution >= 4 is 28.4 Å². The number of aromatic nitrogens is 1. The van der Waals surface area contributed by atoms with E-state index >= 15 is 0 Å². The zero-order chi connectivity index (χ0) is 13.9. The lowest BCUT2D eigenvalue weighted by Crippen LogP contribution is -2.37. The zero-order valence-electron chi connectivity index (χ0n) is 12.1. The topological polar surface area (TPSA) is 28.2 Å². The first-order valence-corrected chi connectivity index (χ1v) is 8.22. The van der Waals surface area contributed by atoms with E-state index < -0.39 is 0 Å². The first-order chi connectivity index (χ1) is 9.79. The van der Waals surface area contributed by atoms with Gasteiger partial charge in [-0.15, -0.1) is 0 Å². The average molecular weight is 287 g/mol. The predicted molar refractivity (Wildman–Crippen MR) is 88.6 cm³/mol. The third-order valence-corrected chi connectivity index (χ3v) is 4.90. The number of thioether (sulfide) groups is 1. The first kappa shape index (κ1) is 13.7. The Kier molecular flexibility index (Phi) is 4.13. The number of nitrogens with one attached hydrogen (secondary N) is 1. The van der Waals surface area contributed by atoms with E-state index in [1.165, 1.54) is 22.1 Å². The van der Waals surface area contributed by atoms with Crippen molar-refractivity contribution in [3.63, 3.8) is 0 Å². The molecule has 2 heterocycles. The number of anilines is 1. The molecule has 2 aromatic rings. The number of rotatable bonds is 3. The normalized spacial score (nSPS) is 19.5. The van der Waals surface area contributed by atoms with Crippen LogP contribution in [0.1, 0.15) is 12.5 Å². The van der Waals surface area contributed by atoms with Crippen LogP contribution in [0.5, 0.6) is 0 Å². The molecule has 0 saturated carbocycles. The predicted octanol–water partition coefficient (Wildman–Crippen LogP) is 2.90. The van der Waals surface area contributed by atoms with Crippen molar-refractivity contribution in [3.05, 3.63) is 36.0 Å². The summed E-state index contributed by atoms with van der Waals surface area (Å²) < 4.78 is 0. The summed E-state index contributed by atoms with van der Waals surface area (Å²) in [4.78, 5) is 7.20. The Morgan fingerprint density at radius 1 is 1.35 bits per heavy atom.